The summed E-state index contributed by atoms with van der Waals surface area (Å²) < 4.78 is 6.36. The molecule has 1 amide bonds. The molecule has 174 valence electrons. The van der Waals surface area contributed by atoms with Crippen molar-refractivity contribution in [2.24, 2.45) is 4.99 Å². The van der Waals surface area contributed by atoms with Crippen molar-refractivity contribution in [3.63, 3.8) is 0 Å². The van der Waals surface area contributed by atoms with Crippen molar-refractivity contribution >= 4 is 23.0 Å². The van der Waals surface area contributed by atoms with Crippen molar-refractivity contribution in [1.82, 2.24) is 10.2 Å². The molecule has 1 unspecified atom stereocenters. The zero-order valence-electron chi connectivity index (χ0n) is 21.1. The lowest BCUT2D eigenvalue weighted by molar-refractivity contribution is -0.122. The molecule has 0 radical (unpaired) electrons. The van der Waals surface area contributed by atoms with Crippen molar-refractivity contribution in [3.05, 3.63) is 40.7 Å². The van der Waals surface area contributed by atoms with E-state index in [0.29, 0.717) is 6.42 Å². The minimum Gasteiger partial charge on any atom is -0.453 e. The molecule has 1 aromatic carbocycles. The van der Waals surface area contributed by atoms with E-state index in [1.54, 1.807) is 0 Å². The Bertz CT molecular complexity index is 996. The van der Waals surface area contributed by atoms with E-state index in [9.17, 15) is 4.79 Å². The molecule has 2 aliphatic rings. The monoisotopic (exact) mass is 438 g/mol. The first-order valence-electron chi connectivity index (χ1n) is 11.4. The van der Waals surface area contributed by atoms with E-state index >= 15 is 0 Å². The van der Waals surface area contributed by atoms with Crippen LogP contribution in [-0.4, -0.2) is 55.8 Å². The molecule has 1 heterocycles. The van der Waals surface area contributed by atoms with E-state index in [4.69, 9.17) is 9.73 Å². The predicted molar refractivity (Wildman–Crippen MR) is 133 cm³/mol. The van der Waals surface area contributed by atoms with Crippen LogP contribution in [-0.2, 0) is 4.79 Å². The molecule has 1 N–H and O–H groups in total. The maximum Gasteiger partial charge on any atom is 0.220 e. The number of benzene rings is 1. The van der Waals surface area contributed by atoms with Crippen molar-refractivity contribution in [1.29, 1.82) is 0 Å². The summed E-state index contributed by atoms with van der Waals surface area (Å²) in [5.74, 6) is 1.71. The molecular weight excluding hydrogens is 400 g/mol. The summed E-state index contributed by atoms with van der Waals surface area (Å²) in [4.78, 5) is 21.4. The van der Waals surface area contributed by atoms with Gasteiger partial charge in [0.05, 0.1) is 6.04 Å². The van der Waals surface area contributed by atoms with Gasteiger partial charge in [-0.2, -0.15) is 0 Å². The van der Waals surface area contributed by atoms with Crippen molar-refractivity contribution in [2.45, 2.75) is 66.0 Å². The van der Waals surface area contributed by atoms with Crippen molar-refractivity contribution in [2.75, 3.05) is 32.6 Å². The summed E-state index contributed by atoms with van der Waals surface area (Å²) >= 11 is 0. The number of rotatable bonds is 6. The zero-order valence-corrected chi connectivity index (χ0v) is 21.1. The summed E-state index contributed by atoms with van der Waals surface area (Å²) in [5, 5.41) is 3.03. The van der Waals surface area contributed by atoms with Crippen LogP contribution in [0.5, 0.6) is 5.75 Å². The highest BCUT2D eigenvalue weighted by atomic mass is 16.5. The maximum absolute atomic E-state index is 12.1. The number of nitrogens with one attached hydrogen (secondary N) is 1. The van der Waals surface area contributed by atoms with Crippen LogP contribution in [0, 0.1) is 13.8 Å². The number of fused-ring (bicyclic) bond motifs is 2. The SMILES string of the molecule is CC1=CC2=Nc3c(cc(N(C)C)c(C)c3C)OC2=CC1N(C)CCCC(=O)NC(C)(C)C. The Balaban J connectivity index is 1.75. The molecule has 0 spiro atoms. The van der Waals surface area contributed by atoms with Crippen LogP contribution in [0.4, 0.5) is 11.4 Å². The van der Waals surface area contributed by atoms with Gasteiger partial charge in [-0.25, -0.2) is 4.99 Å². The fourth-order valence-corrected chi connectivity index (χ4v) is 4.27. The van der Waals surface area contributed by atoms with Gasteiger partial charge in [-0.1, -0.05) is 0 Å². The molecule has 1 atom stereocenters. The lowest BCUT2D eigenvalue weighted by atomic mass is 9.96. The first-order valence-corrected chi connectivity index (χ1v) is 11.4. The van der Waals surface area contributed by atoms with Crippen molar-refractivity contribution in [3.8, 4) is 5.75 Å². The number of carbonyl (C=O) groups excluding carboxylic acids is 1. The van der Waals surface area contributed by atoms with Gasteiger partial charge in [0.25, 0.3) is 0 Å². The Labute approximate surface area is 193 Å². The van der Waals surface area contributed by atoms with Gasteiger partial charge < -0.3 is 15.0 Å². The van der Waals surface area contributed by atoms with Gasteiger partial charge in [-0.3, -0.25) is 9.69 Å². The quantitative estimate of drug-likeness (QED) is 0.701. The summed E-state index contributed by atoms with van der Waals surface area (Å²) in [5.41, 5.74) is 6.34. The number of hydrogen-bond acceptors (Lipinski definition) is 5. The molecular formula is C26H38N4O2. The zero-order chi connectivity index (χ0) is 23.8. The lowest BCUT2D eigenvalue weighted by Gasteiger charge is -2.32. The summed E-state index contributed by atoms with van der Waals surface area (Å²) in [6.45, 7) is 13.2. The first-order chi connectivity index (χ1) is 14.9. The Kier molecular flexibility index (Phi) is 6.84. The van der Waals surface area contributed by atoms with E-state index < -0.39 is 0 Å². The van der Waals surface area contributed by atoms with Crippen LogP contribution in [0.15, 0.2) is 34.5 Å². The number of nitrogens with zero attached hydrogens (tertiary/aromatic N) is 3. The molecule has 0 fully saturated rings. The molecule has 1 aromatic rings. The number of likely N-dealkylation sites (N-methyl/N-ethyl adjacent to an activating group) is 1. The Morgan fingerprint density at radius 1 is 1.16 bits per heavy atom. The third-order valence-corrected chi connectivity index (χ3v) is 6.03. The van der Waals surface area contributed by atoms with E-state index in [1.807, 2.05) is 34.9 Å². The normalized spacial score (nSPS) is 17.6. The molecule has 0 aromatic heterocycles. The number of anilines is 1. The fraction of sp³-hybridized carbons (Fsp3) is 0.538. The van der Waals surface area contributed by atoms with Gasteiger partial charge >= 0.3 is 0 Å². The van der Waals surface area contributed by atoms with Crippen LogP contribution in [0.1, 0.15) is 51.7 Å². The van der Waals surface area contributed by atoms with Crippen LogP contribution >= 0.6 is 0 Å². The van der Waals surface area contributed by atoms with E-state index in [-0.39, 0.29) is 17.5 Å². The average Bonchev–Trinajstić information content (AvgIpc) is 2.67. The van der Waals surface area contributed by atoms with Crippen molar-refractivity contribution < 1.29 is 9.53 Å². The number of amides is 1. The standard InChI is InChI=1S/C26H38N4O2/c1-16-13-19-22(14-20(16)30(9)12-10-11-24(31)28-26(4,5)6)32-23-15-21(29(7)8)17(2)18(3)25(23)27-19/h13-15,20H,10-12H2,1-9H3,(H,28,31). The van der Waals surface area contributed by atoms with Gasteiger partial charge in [0.1, 0.15) is 11.4 Å². The largest absolute Gasteiger partial charge is 0.453 e. The minimum absolute atomic E-state index is 0.101. The molecule has 0 saturated carbocycles. The molecule has 1 aliphatic carbocycles. The van der Waals surface area contributed by atoms with Gasteiger partial charge in [-0.15, -0.1) is 0 Å². The van der Waals surface area contributed by atoms with Gasteiger partial charge in [0, 0.05) is 37.8 Å². The maximum atomic E-state index is 12.1. The minimum atomic E-state index is -0.191. The van der Waals surface area contributed by atoms with Gasteiger partial charge in [0.2, 0.25) is 5.91 Å². The van der Waals surface area contributed by atoms with Gasteiger partial charge in [0.15, 0.2) is 11.5 Å². The molecule has 0 bridgehead atoms. The van der Waals surface area contributed by atoms with Crippen LogP contribution < -0.4 is 15.0 Å². The highest BCUT2D eigenvalue weighted by molar-refractivity contribution is 6.11. The van der Waals surface area contributed by atoms with Crippen LogP contribution in [0.3, 0.4) is 0 Å². The van der Waals surface area contributed by atoms with Gasteiger partial charge in [-0.05, 0) is 90.4 Å². The Hall–Kier alpha value is -2.60. The van der Waals surface area contributed by atoms with E-state index in [0.717, 1.165) is 47.1 Å². The van der Waals surface area contributed by atoms with Crippen LogP contribution in [0.2, 0.25) is 0 Å². The number of hydrogen-bond donors (Lipinski definition) is 1. The average molecular weight is 439 g/mol. The Morgan fingerprint density at radius 3 is 2.47 bits per heavy atom. The molecule has 3 rings (SSSR count). The predicted octanol–water partition coefficient (Wildman–Crippen LogP) is 4.67. The molecule has 1 aliphatic heterocycles. The summed E-state index contributed by atoms with van der Waals surface area (Å²) in [6, 6.07) is 2.20. The molecule has 32 heavy (non-hydrogen) atoms. The summed E-state index contributed by atoms with van der Waals surface area (Å²) in [7, 11) is 6.19. The molecule has 6 nitrogen and oxygen atoms in total. The smallest absolute Gasteiger partial charge is 0.220 e. The lowest BCUT2D eigenvalue weighted by Crippen LogP contribution is -2.41. The molecule has 0 saturated heterocycles. The highest BCUT2D eigenvalue weighted by Crippen LogP contribution is 2.43. The fourth-order valence-electron chi connectivity index (χ4n) is 4.27. The number of allylic oxidation sites excluding steroid dienone is 1. The topological polar surface area (TPSA) is 57.2 Å². The second-order valence-electron chi connectivity index (χ2n) is 10.2. The molecule has 6 heteroatoms. The second kappa shape index (κ2) is 9.10. The number of aliphatic imine (C=N–C) groups is 1. The summed E-state index contributed by atoms with van der Waals surface area (Å²) in [6.07, 6.45) is 5.61. The Morgan fingerprint density at radius 2 is 1.84 bits per heavy atom. The first kappa shape index (κ1) is 24.1. The number of carbonyl (C=O) groups is 1. The highest BCUT2D eigenvalue weighted by Gasteiger charge is 2.28. The second-order valence-corrected chi connectivity index (χ2v) is 10.2. The van der Waals surface area contributed by atoms with Crippen LogP contribution in [0.25, 0.3) is 0 Å². The number of ether oxygens (including phenoxy) is 1. The van der Waals surface area contributed by atoms with E-state index in [1.165, 1.54) is 11.1 Å². The third-order valence-electron chi connectivity index (χ3n) is 6.03. The van der Waals surface area contributed by atoms with E-state index in [2.05, 4.69) is 61.2 Å². The third kappa shape index (κ3) is 5.23.